The topological polar surface area (TPSA) is 69.4 Å². The molecule has 6 heteroatoms. The fraction of sp³-hybridized carbons (Fsp3) is 0.476. The molecular formula is C21H28N4O2. The van der Waals surface area contributed by atoms with E-state index in [2.05, 4.69) is 39.9 Å². The number of carbonyl (C=O) groups is 1. The van der Waals surface area contributed by atoms with Crippen LogP contribution in [0.2, 0.25) is 0 Å². The van der Waals surface area contributed by atoms with E-state index in [0.29, 0.717) is 6.61 Å². The zero-order valence-corrected chi connectivity index (χ0v) is 16.3. The molecule has 2 amide bonds. The molecule has 3 N–H and O–H groups in total. The van der Waals surface area contributed by atoms with Crippen LogP contribution in [0.3, 0.4) is 0 Å². The number of aromatic nitrogens is 1. The monoisotopic (exact) mass is 368 g/mol. The van der Waals surface area contributed by atoms with Crippen LogP contribution in [-0.4, -0.2) is 54.7 Å². The number of urea groups is 1. The Balaban J connectivity index is 1.68. The first-order valence-electron chi connectivity index (χ1n) is 9.78. The van der Waals surface area contributed by atoms with Crippen molar-refractivity contribution in [2.75, 3.05) is 26.7 Å². The van der Waals surface area contributed by atoms with E-state index in [0.717, 1.165) is 37.3 Å². The van der Waals surface area contributed by atoms with Gasteiger partial charge in [-0.2, -0.15) is 0 Å². The minimum atomic E-state index is -0.00135. The molecule has 0 bridgehead atoms. The summed E-state index contributed by atoms with van der Waals surface area (Å²) in [6.45, 7) is 6.79. The lowest BCUT2D eigenvalue weighted by Crippen LogP contribution is -2.52. The molecule has 4 rings (SSSR count). The largest absolute Gasteiger partial charge is 0.378 e. The average molecular weight is 368 g/mol. The van der Waals surface area contributed by atoms with Crippen LogP contribution in [0, 0.1) is 0 Å². The highest BCUT2D eigenvalue weighted by Gasteiger charge is 2.32. The molecule has 0 radical (unpaired) electrons. The van der Waals surface area contributed by atoms with E-state index in [9.17, 15) is 4.79 Å². The summed E-state index contributed by atoms with van der Waals surface area (Å²) in [5.74, 6) is 0. The van der Waals surface area contributed by atoms with Gasteiger partial charge in [0.05, 0.1) is 12.6 Å². The lowest BCUT2D eigenvalue weighted by Gasteiger charge is -2.35. The molecule has 0 saturated carbocycles. The van der Waals surface area contributed by atoms with Crippen LogP contribution in [0.4, 0.5) is 4.79 Å². The van der Waals surface area contributed by atoms with Crippen molar-refractivity contribution in [3.63, 3.8) is 0 Å². The third kappa shape index (κ3) is 3.13. The summed E-state index contributed by atoms with van der Waals surface area (Å²) >= 11 is 0. The number of nitrogens with zero attached hydrogens (tertiary/aromatic N) is 1. The lowest BCUT2D eigenvalue weighted by molar-refractivity contribution is 0.181. The van der Waals surface area contributed by atoms with Crippen LogP contribution in [0.1, 0.15) is 30.7 Å². The Morgan fingerprint density at radius 2 is 2.15 bits per heavy atom. The molecule has 144 valence electrons. The van der Waals surface area contributed by atoms with Gasteiger partial charge in [-0.05, 0) is 43.0 Å². The van der Waals surface area contributed by atoms with E-state index in [1.54, 1.807) is 7.11 Å². The number of aromatic amines is 1. The number of amides is 2. The maximum Gasteiger partial charge on any atom is 0.317 e. The van der Waals surface area contributed by atoms with Crippen LogP contribution in [0.5, 0.6) is 0 Å². The van der Waals surface area contributed by atoms with Crippen molar-refractivity contribution < 1.29 is 9.53 Å². The normalized spacial score (nSPS) is 20.9. The molecule has 1 aromatic heterocycles. The molecule has 2 atom stereocenters. The molecule has 6 nitrogen and oxygen atoms in total. The number of hydrogen-bond donors (Lipinski definition) is 3. The van der Waals surface area contributed by atoms with E-state index in [1.165, 1.54) is 22.1 Å². The van der Waals surface area contributed by atoms with Gasteiger partial charge in [0.25, 0.3) is 0 Å². The molecule has 2 aromatic rings. The first-order valence-corrected chi connectivity index (χ1v) is 9.78. The van der Waals surface area contributed by atoms with Gasteiger partial charge in [-0.25, -0.2) is 4.79 Å². The van der Waals surface area contributed by atoms with E-state index in [1.807, 2.05) is 18.7 Å². The molecule has 1 aliphatic heterocycles. The second kappa shape index (κ2) is 7.37. The van der Waals surface area contributed by atoms with Gasteiger partial charge in [-0.3, -0.25) is 0 Å². The van der Waals surface area contributed by atoms with E-state index < -0.39 is 0 Å². The summed E-state index contributed by atoms with van der Waals surface area (Å²) < 4.78 is 5.39. The summed E-state index contributed by atoms with van der Waals surface area (Å²) in [5.41, 5.74) is 6.21. The van der Waals surface area contributed by atoms with Crippen LogP contribution in [-0.2, 0) is 17.8 Å². The number of carbonyl (C=O) groups excluding carboxylic acids is 1. The van der Waals surface area contributed by atoms with Crippen molar-refractivity contribution in [3.05, 3.63) is 41.1 Å². The summed E-state index contributed by atoms with van der Waals surface area (Å²) in [5, 5.41) is 8.09. The standard InChI is InChI=1S/C21H28N4O2/c1-4-25(5-2)21(26)23-13-9-15-14-7-6-8-17-20(14)16(10-18(15)22-11-13)19(24-17)12-27-3/h6-9,13,18,22,24H,4-5,10-12H2,1-3H3,(H,23,26)/t13-,18+/m0/s1. The Kier molecular flexibility index (Phi) is 4.93. The van der Waals surface area contributed by atoms with Gasteiger partial charge >= 0.3 is 6.03 Å². The van der Waals surface area contributed by atoms with Gasteiger partial charge in [0.2, 0.25) is 0 Å². The number of methoxy groups -OCH3 is 1. The zero-order valence-electron chi connectivity index (χ0n) is 16.3. The summed E-state index contributed by atoms with van der Waals surface area (Å²) in [6, 6.07) is 6.68. The van der Waals surface area contributed by atoms with Crippen molar-refractivity contribution in [2.45, 2.75) is 39.0 Å². The molecule has 0 saturated heterocycles. The molecule has 0 spiro atoms. The number of rotatable bonds is 5. The number of ether oxygens (including phenoxy) is 1. The molecular weight excluding hydrogens is 340 g/mol. The Labute approximate surface area is 159 Å². The molecule has 2 aliphatic rings. The first-order chi connectivity index (χ1) is 13.2. The maximum atomic E-state index is 12.4. The Morgan fingerprint density at radius 3 is 2.89 bits per heavy atom. The van der Waals surface area contributed by atoms with Gasteiger partial charge in [0.1, 0.15) is 0 Å². The number of H-pyrrole nitrogens is 1. The lowest BCUT2D eigenvalue weighted by atomic mass is 9.81. The van der Waals surface area contributed by atoms with Crippen molar-refractivity contribution in [3.8, 4) is 0 Å². The van der Waals surface area contributed by atoms with Crippen LogP contribution in [0.15, 0.2) is 24.3 Å². The number of fused-ring (bicyclic) bond motifs is 2. The third-order valence-electron chi connectivity index (χ3n) is 5.72. The molecule has 0 fully saturated rings. The SMILES string of the molecule is CCN(CC)C(=O)N[C@H]1C=C2c3cccc4[nH]c(COC)c(c34)C[C@H]2NC1. The van der Waals surface area contributed by atoms with Crippen LogP contribution in [0.25, 0.3) is 16.5 Å². The van der Waals surface area contributed by atoms with Crippen molar-refractivity contribution >= 4 is 22.5 Å². The highest BCUT2D eigenvalue weighted by molar-refractivity contribution is 5.99. The number of benzene rings is 1. The Bertz CT molecular complexity index is 882. The van der Waals surface area contributed by atoms with Gasteiger partial charge in [0.15, 0.2) is 0 Å². The quantitative estimate of drug-likeness (QED) is 0.760. The smallest absolute Gasteiger partial charge is 0.317 e. The molecule has 1 aromatic carbocycles. The predicted molar refractivity (Wildman–Crippen MR) is 108 cm³/mol. The first kappa shape index (κ1) is 18.1. The van der Waals surface area contributed by atoms with Crippen LogP contribution >= 0.6 is 0 Å². The fourth-order valence-electron chi connectivity index (χ4n) is 4.39. The summed E-state index contributed by atoms with van der Waals surface area (Å²) in [6.07, 6.45) is 3.18. The minimum Gasteiger partial charge on any atom is -0.378 e. The van der Waals surface area contributed by atoms with Crippen molar-refractivity contribution in [1.82, 2.24) is 20.5 Å². The number of nitrogens with one attached hydrogen (secondary N) is 3. The zero-order chi connectivity index (χ0) is 19.0. The van der Waals surface area contributed by atoms with E-state index in [-0.39, 0.29) is 18.1 Å². The summed E-state index contributed by atoms with van der Waals surface area (Å²) in [4.78, 5) is 17.8. The van der Waals surface area contributed by atoms with Crippen LogP contribution < -0.4 is 10.6 Å². The third-order valence-corrected chi connectivity index (χ3v) is 5.72. The average Bonchev–Trinajstić information content (AvgIpc) is 3.02. The Morgan fingerprint density at radius 1 is 1.33 bits per heavy atom. The molecule has 1 aliphatic carbocycles. The minimum absolute atomic E-state index is 0.000771. The van der Waals surface area contributed by atoms with Gasteiger partial charge in [0, 0.05) is 49.4 Å². The van der Waals surface area contributed by atoms with Gasteiger partial charge in [-0.1, -0.05) is 18.2 Å². The Hall–Kier alpha value is -2.31. The summed E-state index contributed by atoms with van der Waals surface area (Å²) in [7, 11) is 1.73. The molecule has 27 heavy (non-hydrogen) atoms. The van der Waals surface area contributed by atoms with E-state index in [4.69, 9.17) is 4.74 Å². The number of hydrogen-bond acceptors (Lipinski definition) is 3. The highest BCUT2D eigenvalue weighted by atomic mass is 16.5. The molecule has 0 unspecified atom stereocenters. The predicted octanol–water partition coefficient (Wildman–Crippen LogP) is 2.65. The second-order valence-electron chi connectivity index (χ2n) is 7.26. The van der Waals surface area contributed by atoms with Crippen molar-refractivity contribution in [2.24, 2.45) is 0 Å². The maximum absolute atomic E-state index is 12.4. The highest BCUT2D eigenvalue weighted by Crippen LogP contribution is 2.39. The second-order valence-corrected chi connectivity index (χ2v) is 7.26. The van der Waals surface area contributed by atoms with Gasteiger partial charge < -0.3 is 25.3 Å². The fourth-order valence-corrected chi connectivity index (χ4v) is 4.39. The molecule has 2 heterocycles. The van der Waals surface area contributed by atoms with E-state index >= 15 is 0 Å². The van der Waals surface area contributed by atoms with Crippen molar-refractivity contribution in [1.29, 1.82) is 0 Å². The van der Waals surface area contributed by atoms with Gasteiger partial charge in [-0.15, -0.1) is 0 Å².